The van der Waals surface area contributed by atoms with Crippen molar-refractivity contribution in [3.05, 3.63) is 36.7 Å². The van der Waals surface area contributed by atoms with Crippen LogP contribution in [0.25, 0.3) is 11.1 Å². The Balaban J connectivity index is 1.95. The summed E-state index contributed by atoms with van der Waals surface area (Å²) in [5.41, 5.74) is 2.25. The van der Waals surface area contributed by atoms with Gasteiger partial charge in [-0.1, -0.05) is 32.9 Å². The Kier molecular flexibility index (Phi) is 5.32. The molecule has 1 aromatic carbocycles. The Labute approximate surface area is 140 Å². The third-order valence-corrected chi connectivity index (χ3v) is 9.18. The lowest BCUT2D eigenvalue weighted by molar-refractivity contribution is 0.266. The molecule has 0 radical (unpaired) electrons. The average Bonchev–Trinajstić information content (AvgIpc) is 2.95. The largest absolute Gasteiger partial charge is 0.497 e. The topological polar surface area (TPSA) is 36.3 Å². The van der Waals surface area contributed by atoms with Gasteiger partial charge >= 0.3 is 0 Å². The number of methoxy groups -OCH3 is 1. The molecule has 0 aliphatic rings. The maximum absolute atomic E-state index is 6.20. The van der Waals surface area contributed by atoms with Crippen molar-refractivity contribution in [2.75, 3.05) is 13.7 Å². The van der Waals surface area contributed by atoms with E-state index in [2.05, 4.69) is 45.2 Å². The van der Waals surface area contributed by atoms with Crippen LogP contribution in [0.5, 0.6) is 5.75 Å². The summed E-state index contributed by atoms with van der Waals surface area (Å²) in [5, 5.41) is 4.68. The molecule has 5 heteroatoms. The molecule has 1 aromatic heterocycles. The summed E-state index contributed by atoms with van der Waals surface area (Å²) in [6.45, 7) is 12.8. The van der Waals surface area contributed by atoms with Gasteiger partial charge in [-0.3, -0.25) is 4.68 Å². The first-order valence-corrected chi connectivity index (χ1v) is 10.9. The smallest absolute Gasteiger partial charge is 0.192 e. The summed E-state index contributed by atoms with van der Waals surface area (Å²) in [6.07, 6.45) is 3.96. The monoisotopic (exact) mass is 332 g/mol. The number of hydrogen-bond donors (Lipinski definition) is 0. The molecule has 23 heavy (non-hydrogen) atoms. The second-order valence-electron chi connectivity index (χ2n) is 7.33. The first-order valence-electron chi connectivity index (χ1n) is 8.04. The van der Waals surface area contributed by atoms with Crippen LogP contribution in [0.3, 0.4) is 0 Å². The van der Waals surface area contributed by atoms with Crippen LogP contribution in [-0.2, 0) is 11.0 Å². The molecule has 126 valence electrons. The maximum Gasteiger partial charge on any atom is 0.192 e. The van der Waals surface area contributed by atoms with E-state index >= 15 is 0 Å². The SMILES string of the molecule is COc1ccc(-c2cnn(CCO[Si](C)(C)C(C)(C)C)c2)cc1. The van der Waals surface area contributed by atoms with Gasteiger partial charge in [-0.25, -0.2) is 0 Å². The molecule has 0 fully saturated rings. The van der Waals surface area contributed by atoms with Crippen molar-refractivity contribution in [3.63, 3.8) is 0 Å². The second-order valence-corrected chi connectivity index (χ2v) is 12.1. The molecule has 0 aliphatic heterocycles. The van der Waals surface area contributed by atoms with E-state index in [0.29, 0.717) is 6.61 Å². The van der Waals surface area contributed by atoms with Crippen LogP contribution in [0.1, 0.15) is 20.8 Å². The number of benzene rings is 1. The van der Waals surface area contributed by atoms with Crippen molar-refractivity contribution in [3.8, 4) is 16.9 Å². The fourth-order valence-electron chi connectivity index (χ4n) is 2.03. The quantitative estimate of drug-likeness (QED) is 0.726. The van der Waals surface area contributed by atoms with Gasteiger partial charge in [-0.15, -0.1) is 0 Å². The summed E-state index contributed by atoms with van der Waals surface area (Å²) in [4.78, 5) is 0. The van der Waals surface area contributed by atoms with Crippen LogP contribution in [0.2, 0.25) is 18.1 Å². The molecule has 2 rings (SSSR count). The van der Waals surface area contributed by atoms with E-state index < -0.39 is 8.32 Å². The third kappa shape index (κ3) is 4.45. The minimum atomic E-state index is -1.68. The van der Waals surface area contributed by atoms with Gasteiger partial charge in [0.25, 0.3) is 0 Å². The van der Waals surface area contributed by atoms with E-state index in [1.807, 2.05) is 35.1 Å². The van der Waals surface area contributed by atoms with Crippen molar-refractivity contribution >= 4 is 8.32 Å². The van der Waals surface area contributed by atoms with Crippen LogP contribution in [0.15, 0.2) is 36.7 Å². The predicted octanol–water partition coefficient (Wildman–Crippen LogP) is 4.58. The maximum atomic E-state index is 6.20. The van der Waals surface area contributed by atoms with Gasteiger partial charge in [-0.2, -0.15) is 5.10 Å². The third-order valence-electron chi connectivity index (χ3n) is 4.65. The molecule has 0 unspecified atom stereocenters. The molecule has 0 saturated carbocycles. The first-order chi connectivity index (χ1) is 10.7. The van der Waals surface area contributed by atoms with Crippen LogP contribution >= 0.6 is 0 Å². The van der Waals surface area contributed by atoms with Gasteiger partial charge in [0, 0.05) is 11.8 Å². The molecule has 0 aliphatic carbocycles. The van der Waals surface area contributed by atoms with Crippen molar-refractivity contribution in [1.82, 2.24) is 9.78 Å². The zero-order chi connectivity index (χ0) is 17.1. The lowest BCUT2D eigenvalue weighted by atomic mass is 10.1. The highest BCUT2D eigenvalue weighted by Crippen LogP contribution is 2.36. The highest BCUT2D eigenvalue weighted by atomic mass is 28.4. The summed E-state index contributed by atoms with van der Waals surface area (Å²) in [7, 11) is -0.00543. The van der Waals surface area contributed by atoms with Gasteiger partial charge in [0.05, 0.1) is 26.5 Å². The van der Waals surface area contributed by atoms with E-state index in [-0.39, 0.29) is 5.04 Å². The molecule has 0 spiro atoms. The van der Waals surface area contributed by atoms with Gasteiger partial charge in [0.2, 0.25) is 0 Å². The number of hydrogen-bond acceptors (Lipinski definition) is 3. The highest BCUT2D eigenvalue weighted by Gasteiger charge is 2.36. The standard InChI is InChI=1S/C18H28N2O2Si/c1-18(2,3)23(5,6)22-12-11-20-14-16(13-19-20)15-7-9-17(21-4)10-8-15/h7-10,13-14H,11-12H2,1-6H3. The number of rotatable bonds is 6. The Morgan fingerprint density at radius 3 is 2.30 bits per heavy atom. The van der Waals surface area contributed by atoms with Crippen molar-refractivity contribution in [2.24, 2.45) is 0 Å². The van der Waals surface area contributed by atoms with Crippen molar-refractivity contribution in [1.29, 1.82) is 0 Å². The van der Waals surface area contributed by atoms with E-state index in [4.69, 9.17) is 9.16 Å². The van der Waals surface area contributed by atoms with Crippen LogP contribution < -0.4 is 4.74 Å². The summed E-state index contributed by atoms with van der Waals surface area (Å²) in [6, 6.07) is 8.03. The molecule has 0 bridgehead atoms. The number of aromatic nitrogens is 2. The fourth-order valence-corrected chi connectivity index (χ4v) is 3.06. The Morgan fingerprint density at radius 2 is 1.74 bits per heavy atom. The molecule has 0 saturated heterocycles. The second kappa shape index (κ2) is 6.89. The lowest BCUT2D eigenvalue weighted by Crippen LogP contribution is -2.41. The summed E-state index contributed by atoms with van der Waals surface area (Å²) < 4.78 is 13.3. The average molecular weight is 333 g/mol. The van der Waals surface area contributed by atoms with E-state index in [1.54, 1.807) is 7.11 Å². The van der Waals surface area contributed by atoms with E-state index in [1.165, 1.54) is 0 Å². The Morgan fingerprint density at radius 1 is 1.09 bits per heavy atom. The molecule has 1 heterocycles. The van der Waals surface area contributed by atoms with Crippen LogP contribution in [0, 0.1) is 0 Å². The molecular weight excluding hydrogens is 304 g/mol. The minimum Gasteiger partial charge on any atom is -0.497 e. The van der Waals surface area contributed by atoms with Gasteiger partial charge in [-0.05, 0) is 35.8 Å². The zero-order valence-electron chi connectivity index (χ0n) is 15.1. The van der Waals surface area contributed by atoms with Crippen LogP contribution in [0.4, 0.5) is 0 Å². The van der Waals surface area contributed by atoms with E-state index in [0.717, 1.165) is 23.4 Å². The number of ether oxygens (including phenoxy) is 1. The molecule has 2 aromatic rings. The summed E-state index contributed by atoms with van der Waals surface area (Å²) in [5.74, 6) is 0.865. The van der Waals surface area contributed by atoms with Crippen molar-refractivity contribution < 1.29 is 9.16 Å². The number of nitrogens with zero attached hydrogens (tertiary/aromatic N) is 2. The highest BCUT2D eigenvalue weighted by molar-refractivity contribution is 6.74. The lowest BCUT2D eigenvalue weighted by Gasteiger charge is -2.36. The molecule has 0 amide bonds. The molecule has 0 atom stereocenters. The Bertz CT molecular complexity index is 627. The van der Waals surface area contributed by atoms with Gasteiger partial charge < -0.3 is 9.16 Å². The van der Waals surface area contributed by atoms with Crippen LogP contribution in [-0.4, -0.2) is 31.8 Å². The normalized spacial score (nSPS) is 12.4. The molecule has 4 nitrogen and oxygen atoms in total. The van der Waals surface area contributed by atoms with Gasteiger partial charge in [0.1, 0.15) is 5.75 Å². The Hall–Kier alpha value is -1.59. The zero-order valence-corrected chi connectivity index (χ0v) is 16.1. The van der Waals surface area contributed by atoms with Crippen molar-refractivity contribution in [2.45, 2.75) is 45.4 Å². The van der Waals surface area contributed by atoms with Gasteiger partial charge in [0.15, 0.2) is 8.32 Å². The van der Waals surface area contributed by atoms with E-state index in [9.17, 15) is 0 Å². The minimum absolute atomic E-state index is 0.241. The molecular formula is C18H28N2O2Si. The first kappa shape index (κ1) is 17.8. The summed E-state index contributed by atoms with van der Waals surface area (Å²) >= 11 is 0. The predicted molar refractivity (Wildman–Crippen MR) is 97.4 cm³/mol. The fraction of sp³-hybridized carbons (Fsp3) is 0.500. The molecule has 0 N–H and O–H groups in total.